The Bertz CT molecular complexity index is 1020. The van der Waals surface area contributed by atoms with Crippen LogP contribution in [0.2, 0.25) is 5.02 Å². The van der Waals surface area contributed by atoms with Crippen molar-refractivity contribution in [3.05, 3.63) is 52.3 Å². The maximum atomic E-state index is 12.9. The maximum absolute atomic E-state index is 12.9. The summed E-state index contributed by atoms with van der Waals surface area (Å²) < 4.78 is 2.11. The minimum Gasteiger partial charge on any atom is -0.346 e. The van der Waals surface area contributed by atoms with Crippen LogP contribution in [0.3, 0.4) is 0 Å². The SMILES string of the molecule is Cc1cc(Cl)ccc1NC(=O)[C@@H]1CCCN(c2nnc(-n3c(C)ccc3C)s2)C1. The molecule has 2 aromatic heterocycles. The standard InChI is InChI=1S/C21H24ClN5OS/c1-13-11-17(22)8-9-18(13)23-19(28)16-5-4-10-26(12-16)20-24-25-21(29-20)27-14(2)6-7-15(27)3/h6-9,11,16H,4-5,10,12H2,1-3H3,(H,23,28)/t16-/m1/s1. The Hall–Kier alpha value is -2.38. The number of aromatic nitrogens is 3. The number of amides is 1. The highest BCUT2D eigenvalue weighted by Crippen LogP contribution is 2.30. The molecule has 0 radical (unpaired) electrons. The molecule has 1 aliphatic heterocycles. The molecule has 1 N–H and O–H groups in total. The highest BCUT2D eigenvalue weighted by molar-refractivity contribution is 7.17. The predicted octanol–water partition coefficient (Wildman–Crippen LogP) is 4.76. The van der Waals surface area contributed by atoms with E-state index < -0.39 is 0 Å². The largest absolute Gasteiger partial charge is 0.346 e. The first kappa shape index (κ1) is 19.9. The van der Waals surface area contributed by atoms with Crippen LogP contribution in [0, 0.1) is 26.7 Å². The highest BCUT2D eigenvalue weighted by atomic mass is 35.5. The van der Waals surface area contributed by atoms with E-state index in [0.29, 0.717) is 11.6 Å². The molecular formula is C21H24ClN5OS. The Morgan fingerprint density at radius 1 is 1.14 bits per heavy atom. The second-order valence-corrected chi connectivity index (χ2v) is 8.92. The molecule has 0 spiro atoms. The molecule has 0 saturated carbocycles. The number of anilines is 2. The molecule has 1 fully saturated rings. The fourth-order valence-corrected chi connectivity index (χ4v) is 4.99. The fraction of sp³-hybridized carbons (Fsp3) is 0.381. The van der Waals surface area contributed by atoms with Crippen molar-refractivity contribution in [1.29, 1.82) is 0 Å². The van der Waals surface area contributed by atoms with E-state index in [4.69, 9.17) is 11.6 Å². The minimum absolute atomic E-state index is 0.0435. The summed E-state index contributed by atoms with van der Waals surface area (Å²) >= 11 is 7.58. The van der Waals surface area contributed by atoms with E-state index in [2.05, 4.69) is 51.0 Å². The second-order valence-electron chi connectivity index (χ2n) is 7.55. The molecule has 1 saturated heterocycles. The number of halogens is 1. The van der Waals surface area contributed by atoms with Crippen LogP contribution in [0.5, 0.6) is 0 Å². The zero-order chi connectivity index (χ0) is 20.5. The molecule has 1 amide bonds. The van der Waals surface area contributed by atoms with Gasteiger partial charge in [-0.2, -0.15) is 0 Å². The third kappa shape index (κ3) is 4.16. The van der Waals surface area contributed by atoms with E-state index in [1.54, 1.807) is 17.4 Å². The predicted molar refractivity (Wildman–Crippen MR) is 118 cm³/mol. The number of rotatable bonds is 4. The number of hydrogen-bond acceptors (Lipinski definition) is 5. The Morgan fingerprint density at radius 3 is 2.59 bits per heavy atom. The van der Waals surface area contributed by atoms with Crippen molar-refractivity contribution >= 4 is 39.7 Å². The van der Waals surface area contributed by atoms with Gasteiger partial charge in [-0.15, -0.1) is 10.2 Å². The van der Waals surface area contributed by atoms with E-state index in [-0.39, 0.29) is 11.8 Å². The van der Waals surface area contributed by atoms with Gasteiger partial charge in [0.1, 0.15) is 0 Å². The topological polar surface area (TPSA) is 63.1 Å². The average molecular weight is 430 g/mol. The van der Waals surface area contributed by atoms with Crippen molar-refractivity contribution in [2.45, 2.75) is 33.6 Å². The van der Waals surface area contributed by atoms with Gasteiger partial charge in [0.05, 0.1) is 5.92 Å². The van der Waals surface area contributed by atoms with Crippen molar-refractivity contribution in [2.24, 2.45) is 5.92 Å². The second kappa shape index (κ2) is 8.16. The molecule has 1 atom stereocenters. The van der Waals surface area contributed by atoms with Gasteiger partial charge < -0.3 is 10.2 Å². The van der Waals surface area contributed by atoms with Crippen LogP contribution in [-0.2, 0) is 4.79 Å². The summed E-state index contributed by atoms with van der Waals surface area (Å²) in [6.45, 7) is 7.61. The zero-order valence-electron chi connectivity index (χ0n) is 16.8. The number of benzene rings is 1. The van der Waals surface area contributed by atoms with Gasteiger partial charge in [0, 0.05) is 35.2 Å². The van der Waals surface area contributed by atoms with Crippen LogP contribution in [0.25, 0.3) is 5.13 Å². The smallest absolute Gasteiger partial charge is 0.229 e. The molecule has 8 heteroatoms. The zero-order valence-corrected chi connectivity index (χ0v) is 18.3. The lowest BCUT2D eigenvalue weighted by Crippen LogP contribution is -2.40. The summed E-state index contributed by atoms with van der Waals surface area (Å²) in [5, 5.41) is 14.3. The molecule has 1 aliphatic rings. The van der Waals surface area contributed by atoms with Crippen LogP contribution < -0.4 is 10.2 Å². The molecule has 3 heterocycles. The summed E-state index contributed by atoms with van der Waals surface area (Å²) in [6, 6.07) is 9.67. The van der Waals surface area contributed by atoms with Gasteiger partial charge in [0.25, 0.3) is 0 Å². The Balaban J connectivity index is 1.46. The first-order chi connectivity index (χ1) is 13.9. The Kier molecular flexibility index (Phi) is 5.61. The lowest BCUT2D eigenvalue weighted by molar-refractivity contribution is -0.120. The van der Waals surface area contributed by atoms with Gasteiger partial charge in [0.2, 0.25) is 16.2 Å². The molecule has 0 bridgehead atoms. The summed E-state index contributed by atoms with van der Waals surface area (Å²) in [5.74, 6) is -0.0387. The number of piperidine rings is 1. The van der Waals surface area contributed by atoms with Crippen LogP contribution in [0.1, 0.15) is 29.8 Å². The first-order valence-electron chi connectivity index (χ1n) is 9.73. The summed E-state index contributed by atoms with van der Waals surface area (Å²) in [4.78, 5) is 15.0. The third-order valence-corrected chi connectivity index (χ3v) is 6.58. The number of nitrogens with zero attached hydrogens (tertiary/aromatic N) is 4. The molecule has 152 valence electrons. The molecule has 6 nitrogen and oxygen atoms in total. The molecule has 0 aliphatic carbocycles. The van der Waals surface area contributed by atoms with Gasteiger partial charge in [-0.25, -0.2) is 0 Å². The Morgan fingerprint density at radius 2 is 1.86 bits per heavy atom. The quantitative estimate of drug-likeness (QED) is 0.649. The molecule has 0 unspecified atom stereocenters. The lowest BCUT2D eigenvalue weighted by Gasteiger charge is -2.31. The molecule has 4 rings (SSSR count). The van der Waals surface area contributed by atoms with Crippen LogP contribution >= 0.6 is 22.9 Å². The van der Waals surface area contributed by atoms with E-state index in [9.17, 15) is 4.79 Å². The normalized spacial score (nSPS) is 16.8. The fourth-order valence-electron chi connectivity index (χ4n) is 3.76. The van der Waals surface area contributed by atoms with Gasteiger partial charge >= 0.3 is 0 Å². The van der Waals surface area contributed by atoms with Gasteiger partial charge in [-0.05, 0) is 69.5 Å². The lowest BCUT2D eigenvalue weighted by atomic mass is 9.97. The molecule has 1 aromatic carbocycles. The van der Waals surface area contributed by atoms with E-state index in [0.717, 1.165) is 52.3 Å². The van der Waals surface area contributed by atoms with E-state index >= 15 is 0 Å². The summed E-state index contributed by atoms with van der Waals surface area (Å²) in [7, 11) is 0. The summed E-state index contributed by atoms with van der Waals surface area (Å²) in [5.41, 5.74) is 4.05. The maximum Gasteiger partial charge on any atom is 0.229 e. The number of carbonyl (C=O) groups excluding carboxylic acids is 1. The van der Waals surface area contributed by atoms with Gasteiger partial charge in [-0.1, -0.05) is 22.9 Å². The first-order valence-corrected chi connectivity index (χ1v) is 10.9. The molecule has 29 heavy (non-hydrogen) atoms. The van der Waals surface area contributed by atoms with Crippen molar-refractivity contribution in [3.63, 3.8) is 0 Å². The van der Waals surface area contributed by atoms with E-state index in [1.807, 2.05) is 19.1 Å². The van der Waals surface area contributed by atoms with Crippen LogP contribution in [-0.4, -0.2) is 33.8 Å². The van der Waals surface area contributed by atoms with Crippen molar-refractivity contribution in [1.82, 2.24) is 14.8 Å². The summed E-state index contributed by atoms with van der Waals surface area (Å²) in [6.07, 6.45) is 1.82. The van der Waals surface area contributed by atoms with E-state index in [1.165, 1.54) is 0 Å². The third-order valence-electron chi connectivity index (χ3n) is 5.38. The highest BCUT2D eigenvalue weighted by Gasteiger charge is 2.28. The number of aryl methyl sites for hydroxylation is 3. The number of hydrogen-bond donors (Lipinski definition) is 1. The molecular weight excluding hydrogens is 406 g/mol. The van der Waals surface area contributed by atoms with Crippen molar-refractivity contribution in [2.75, 3.05) is 23.3 Å². The van der Waals surface area contributed by atoms with Crippen molar-refractivity contribution < 1.29 is 4.79 Å². The molecule has 3 aromatic rings. The monoisotopic (exact) mass is 429 g/mol. The number of carbonyl (C=O) groups is 1. The average Bonchev–Trinajstić information content (AvgIpc) is 3.30. The number of nitrogens with one attached hydrogen (secondary N) is 1. The van der Waals surface area contributed by atoms with Crippen molar-refractivity contribution in [3.8, 4) is 5.13 Å². The Labute approximate surface area is 179 Å². The minimum atomic E-state index is -0.0822. The van der Waals surface area contributed by atoms with Gasteiger partial charge in [0.15, 0.2) is 0 Å². The van der Waals surface area contributed by atoms with Crippen LogP contribution in [0.15, 0.2) is 30.3 Å². The van der Waals surface area contributed by atoms with Crippen LogP contribution in [0.4, 0.5) is 10.8 Å². The van der Waals surface area contributed by atoms with Gasteiger partial charge in [-0.3, -0.25) is 9.36 Å².